The van der Waals surface area contributed by atoms with E-state index in [0.29, 0.717) is 18.3 Å². The van der Waals surface area contributed by atoms with Crippen molar-refractivity contribution in [3.8, 4) is 0 Å². The molecule has 2 aromatic rings. The number of nitrogens with zero attached hydrogens (tertiary/aromatic N) is 4. The zero-order chi connectivity index (χ0) is 16.7. The molecule has 1 N–H and O–H groups in total. The minimum absolute atomic E-state index is 0. The molecule has 0 aliphatic rings. The molecule has 0 bridgehead atoms. The topological polar surface area (TPSA) is 66.5 Å². The number of nitrogens with one attached hydrogen (secondary N) is 1. The molecule has 1 aromatic carbocycles. The summed E-state index contributed by atoms with van der Waals surface area (Å²) in [7, 11) is 3.76. The lowest BCUT2D eigenvalue weighted by molar-refractivity contribution is 0.371. The van der Waals surface area contributed by atoms with Crippen LogP contribution in [-0.2, 0) is 13.0 Å². The second kappa shape index (κ2) is 10.5. The first kappa shape index (κ1) is 20.7. The standard InChI is InChI=1S/C16H22ClN5O.HI/c1-12-20-15(23-21-12)9-6-10-19-16(18-2)22(3)11-13-7-4-5-8-14(13)17;/h4-5,7-8H,6,9-11H2,1-3H3,(H,18,19);1H. The molecule has 0 unspecified atom stereocenters. The van der Waals surface area contributed by atoms with Crippen molar-refractivity contribution in [3.63, 3.8) is 0 Å². The molecule has 0 spiro atoms. The third kappa shape index (κ3) is 6.27. The van der Waals surface area contributed by atoms with E-state index in [-0.39, 0.29) is 24.0 Å². The van der Waals surface area contributed by atoms with Crippen LogP contribution in [0.1, 0.15) is 23.7 Å². The summed E-state index contributed by atoms with van der Waals surface area (Å²) in [5.74, 6) is 2.17. The number of guanidine groups is 1. The van der Waals surface area contributed by atoms with Crippen molar-refractivity contribution in [2.45, 2.75) is 26.3 Å². The Balaban J connectivity index is 0.00000288. The van der Waals surface area contributed by atoms with Crippen LogP contribution in [-0.4, -0.2) is 41.6 Å². The highest BCUT2D eigenvalue weighted by Gasteiger charge is 2.09. The third-order valence-electron chi connectivity index (χ3n) is 3.36. The van der Waals surface area contributed by atoms with E-state index in [4.69, 9.17) is 16.1 Å². The summed E-state index contributed by atoms with van der Waals surface area (Å²) in [5.41, 5.74) is 1.07. The number of rotatable bonds is 6. The Bertz CT molecular complexity index is 661. The molecule has 6 nitrogen and oxygen atoms in total. The Morgan fingerprint density at radius 2 is 2.12 bits per heavy atom. The molecule has 8 heteroatoms. The van der Waals surface area contributed by atoms with Crippen LogP contribution in [0.4, 0.5) is 0 Å². The van der Waals surface area contributed by atoms with E-state index in [0.717, 1.165) is 35.9 Å². The Morgan fingerprint density at radius 1 is 1.38 bits per heavy atom. The quantitative estimate of drug-likeness (QED) is 0.308. The summed E-state index contributed by atoms with van der Waals surface area (Å²) in [6.45, 7) is 3.29. The fourth-order valence-electron chi connectivity index (χ4n) is 2.22. The van der Waals surface area contributed by atoms with Crippen molar-refractivity contribution >= 4 is 41.5 Å². The van der Waals surface area contributed by atoms with Crippen LogP contribution in [0.25, 0.3) is 0 Å². The average molecular weight is 464 g/mol. The van der Waals surface area contributed by atoms with Gasteiger partial charge in [-0.15, -0.1) is 24.0 Å². The highest BCUT2D eigenvalue weighted by atomic mass is 127. The maximum atomic E-state index is 6.20. The fraction of sp³-hybridized carbons (Fsp3) is 0.438. The third-order valence-corrected chi connectivity index (χ3v) is 3.73. The summed E-state index contributed by atoms with van der Waals surface area (Å²) in [6, 6.07) is 7.83. The van der Waals surface area contributed by atoms with E-state index in [2.05, 4.69) is 20.4 Å². The van der Waals surface area contributed by atoms with Gasteiger partial charge in [-0.05, 0) is 25.0 Å². The van der Waals surface area contributed by atoms with Gasteiger partial charge in [0.1, 0.15) is 0 Å². The van der Waals surface area contributed by atoms with Crippen LogP contribution in [0.3, 0.4) is 0 Å². The van der Waals surface area contributed by atoms with Gasteiger partial charge >= 0.3 is 0 Å². The van der Waals surface area contributed by atoms with E-state index < -0.39 is 0 Å². The molecule has 0 saturated heterocycles. The Morgan fingerprint density at radius 3 is 2.75 bits per heavy atom. The van der Waals surface area contributed by atoms with E-state index >= 15 is 0 Å². The van der Waals surface area contributed by atoms with Crippen LogP contribution >= 0.6 is 35.6 Å². The van der Waals surface area contributed by atoms with Gasteiger partial charge in [-0.25, -0.2) is 0 Å². The van der Waals surface area contributed by atoms with Crippen molar-refractivity contribution < 1.29 is 4.52 Å². The summed E-state index contributed by atoms with van der Waals surface area (Å²) in [5, 5.41) is 7.87. The molecule has 0 atom stereocenters. The van der Waals surface area contributed by atoms with Crippen LogP contribution in [0.15, 0.2) is 33.8 Å². The smallest absolute Gasteiger partial charge is 0.226 e. The molecule has 0 aliphatic carbocycles. The number of halogens is 2. The van der Waals surface area contributed by atoms with Gasteiger partial charge in [-0.1, -0.05) is 35.0 Å². The summed E-state index contributed by atoms with van der Waals surface area (Å²) >= 11 is 6.20. The number of aromatic nitrogens is 2. The van der Waals surface area contributed by atoms with Gasteiger partial charge in [0.25, 0.3) is 0 Å². The SMILES string of the molecule is CN=C(NCCCc1nc(C)no1)N(C)Cc1ccccc1Cl.I. The highest BCUT2D eigenvalue weighted by Crippen LogP contribution is 2.16. The van der Waals surface area contributed by atoms with E-state index in [9.17, 15) is 0 Å². The van der Waals surface area contributed by atoms with Gasteiger partial charge < -0.3 is 14.7 Å². The number of hydrogen-bond acceptors (Lipinski definition) is 4. The first-order valence-electron chi connectivity index (χ1n) is 7.54. The molecule has 132 valence electrons. The monoisotopic (exact) mass is 463 g/mol. The minimum atomic E-state index is 0. The molecule has 24 heavy (non-hydrogen) atoms. The lowest BCUT2D eigenvalue weighted by Gasteiger charge is -2.22. The predicted molar refractivity (Wildman–Crippen MR) is 107 cm³/mol. The highest BCUT2D eigenvalue weighted by molar-refractivity contribution is 14.0. The number of hydrogen-bond donors (Lipinski definition) is 1. The van der Waals surface area contributed by atoms with Crippen LogP contribution < -0.4 is 5.32 Å². The summed E-state index contributed by atoms with van der Waals surface area (Å²) < 4.78 is 5.09. The molecule has 0 radical (unpaired) electrons. The molecule has 1 aromatic heterocycles. The molecular formula is C16H23ClIN5O. The number of benzene rings is 1. The maximum absolute atomic E-state index is 6.20. The Kier molecular flexibility index (Phi) is 9.05. The van der Waals surface area contributed by atoms with Crippen LogP contribution in [0.2, 0.25) is 5.02 Å². The zero-order valence-corrected chi connectivity index (χ0v) is 17.2. The molecule has 0 saturated carbocycles. The average Bonchev–Trinajstić information content (AvgIpc) is 2.95. The Labute approximate surface area is 164 Å². The van der Waals surface area contributed by atoms with Gasteiger partial charge in [0, 0.05) is 38.6 Å². The molecule has 0 amide bonds. The van der Waals surface area contributed by atoms with Crippen molar-refractivity contribution in [2.24, 2.45) is 4.99 Å². The van der Waals surface area contributed by atoms with Crippen molar-refractivity contribution in [3.05, 3.63) is 46.6 Å². The van der Waals surface area contributed by atoms with E-state index in [1.165, 1.54) is 0 Å². The fourth-order valence-corrected chi connectivity index (χ4v) is 2.42. The molecule has 0 aliphatic heterocycles. The maximum Gasteiger partial charge on any atom is 0.226 e. The van der Waals surface area contributed by atoms with Gasteiger partial charge in [0.05, 0.1) is 0 Å². The summed E-state index contributed by atoms with van der Waals surface area (Å²) in [4.78, 5) is 10.5. The number of aliphatic imine (C=N–C) groups is 1. The number of aryl methyl sites for hydroxylation is 2. The summed E-state index contributed by atoms with van der Waals surface area (Å²) in [6.07, 6.45) is 1.64. The second-order valence-corrected chi connectivity index (χ2v) is 5.67. The minimum Gasteiger partial charge on any atom is -0.356 e. The normalized spacial score (nSPS) is 11.1. The van der Waals surface area contributed by atoms with Crippen molar-refractivity contribution in [1.82, 2.24) is 20.4 Å². The Hall–Kier alpha value is -1.35. The molecular weight excluding hydrogens is 441 g/mol. The molecule has 2 rings (SSSR count). The van der Waals surface area contributed by atoms with Crippen molar-refractivity contribution in [1.29, 1.82) is 0 Å². The first-order chi connectivity index (χ1) is 11.1. The van der Waals surface area contributed by atoms with Crippen LogP contribution in [0, 0.1) is 6.92 Å². The van der Waals surface area contributed by atoms with Crippen LogP contribution in [0.5, 0.6) is 0 Å². The van der Waals surface area contributed by atoms with E-state index in [1.54, 1.807) is 7.05 Å². The lowest BCUT2D eigenvalue weighted by atomic mass is 10.2. The first-order valence-corrected chi connectivity index (χ1v) is 7.92. The zero-order valence-electron chi connectivity index (χ0n) is 14.1. The second-order valence-electron chi connectivity index (χ2n) is 5.26. The molecule has 1 heterocycles. The van der Waals surface area contributed by atoms with Gasteiger partial charge in [0.15, 0.2) is 11.8 Å². The largest absolute Gasteiger partial charge is 0.356 e. The van der Waals surface area contributed by atoms with Gasteiger partial charge in [-0.3, -0.25) is 4.99 Å². The van der Waals surface area contributed by atoms with Crippen molar-refractivity contribution in [2.75, 3.05) is 20.6 Å². The van der Waals surface area contributed by atoms with E-state index in [1.807, 2.05) is 43.1 Å². The van der Waals surface area contributed by atoms with Gasteiger partial charge in [-0.2, -0.15) is 4.98 Å². The predicted octanol–water partition coefficient (Wildman–Crippen LogP) is 3.29. The van der Waals surface area contributed by atoms with Gasteiger partial charge in [0.2, 0.25) is 5.89 Å². The lowest BCUT2D eigenvalue weighted by Crippen LogP contribution is -2.39. The molecule has 0 fully saturated rings.